The van der Waals surface area contributed by atoms with Gasteiger partial charge in [0.15, 0.2) is 5.82 Å². The van der Waals surface area contributed by atoms with E-state index in [0.717, 1.165) is 12.8 Å². The molecule has 1 unspecified atom stereocenters. The van der Waals surface area contributed by atoms with Crippen LogP contribution in [0.3, 0.4) is 0 Å². The van der Waals surface area contributed by atoms with Crippen LogP contribution in [-0.4, -0.2) is 21.3 Å². The van der Waals surface area contributed by atoms with E-state index in [0.29, 0.717) is 12.4 Å². The standard InChI is InChI=1S/C9H13F3N4/c1-2-3-6-7-14-15-8(9(10,11)12)16(7)5-4-13-6/h6,13H,2-5H2,1H3. The highest BCUT2D eigenvalue weighted by atomic mass is 19.4. The zero-order valence-electron chi connectivity index (χ0n) is 8.88. The second-order valence-corrected chi connectivity index (χ2v) is 3.83. The van der Waals surface area contributed by atoms with Crippen LogP contribution in [0, 0.1) is 0 Å². The Bertz CT molecular complexity index is 371. The largest absolute Gasteiger partial charge is 0.451 e. The minimum absolute atomic E-state index is 0.109. The second kappa shape index (κ2) is 4.04. The van der Waals surface area contributed by atoms with E-state index in [4.69, 9.17) is 0 Å². The van der Waals surface area contributed by atoms with Crippen LogP contribution < -0.4 is 5.32 Å². The van der Waals surface area contributed by atoms with Gasteiger partial charge < -0.3 is 9.88 Å². The smallest absolute Gasteiger partial charge is 0.306 e. The van der Waals surface area contributed by atoms with E-state index in [1.807, 2.05) is 6.92 Å². The maximum absolute atomic E-state index is 12.6. The SMILES string of the molecule is CCCC1NCCn2c1nnc2C(F)(F)F. The first-order valence-electron chi connectivity index (χ1n) is 5.27. The molecule has 2 heterocycles. The van der Waals surface area contributed by atoms with Crippen LogP contribution in [0.5, 0.6) is 0 Å². The number of hydrogen-bond acceptors (Lipinski definition) is 3. The Kier molecular flexibility index (Phi) is 2.88. The molecule has 0 fully saturated rings. The van der Waals surface area contributed by atoms with E-state index in [2.05, 4.69) is 15.5 Å². The summed E-state index contributed by atoms with van der Waals surface area (Å²) in [7, 11) is 0. The van der Waals surface area contributed by atoms with Crippen molar-refractivity contribution in [3.05, 3.63) is 11.6 Å². The van der Waals surface area contributed by atoms with Gasteiger partial charge in [0.25, 0.3) is 0 Å². The van der Waals surface area contributed by atoms with E-state index in [1.165, 1.54) is 4.57 Å². The molecule has 0 radical (unpaired) electrons. The van der Waals surface area contributed by atoms with Crippen molar-refractivity contribution >= 4 is 0 Å². The molecular weight excluding hydrogens is 221 g/mol. The van der Waals surface area contributed by atoms with Crippen molar-refractivity contribution in [2.75, 3.05) is 6.54 Å². The van der Waals surface area contributed by atoms with Gasteiger partial charge in [-0.1, -0.05) is 13.3 Å². The number of halogens is 3. The third kappa shape index (κ3) is 1.91. The molecule has 0 saturated carbocycles. The Morgan fingerprint density at radius 2 is 2.19 bits per heavy atom. The summed E-state index contributed by atoms with van der Waals surface area (Å²) >= 11 is 0. The van der Waals surface area contributed by atoms with Crippen LogP contribution in [0.1, 0.15) is 37.5 Å². The highest BCUT2D eigenvalue weighted by Crippen LogP contribution is 2.31. The molecule has 1 atom stereocenters. The van der Waals surface area contributed by atoms with Gasteiger partial charge in [-0.2, -0.15) is 13.2 Å². The highest BCUT2D eigenvalue weighted by Gasteiger charge is 2.40. The van der Waals surface area contributed by atoms with Crippen molar-refractivity contribution in [3.63, 3.8) is 0 Å². The molecule has 0 spiro atoms. The number of alkyl halides is 3. The van der Waals surface area contributed by atoms with E-state index < -0.39 is 12.0 Å². The monoisotopic (exact) mass is 234 g/mol. The highest BCUT2D eigenvalue weighted by molar-refractivity contribution is 5.06. The summed E-state index contributed by atoms with van der Waals surface area (Å²) in [6, 6.07) is -0.109. The molecule has 4 nitrogen and oxygen atoms in total. The first-order chi connectivity index (χ1) is 7.54. The van der Waals surface area contributed by atoms with Crippen molar-refractivity contribution < 1.29 is 13.2 Å². The van der Waals surface area contributed by atoms with E-state index >= 15 is 0 Å². The van der Waals surface area contributed by atoms with Crippen molar-refractivity contribution in [1.29, 1.82) is 0 Å². The molecule has 0 amide bonds. The maximum atomic E-state index is 12.6. The fourth-order valence-electron chi connectivity index (χ4n) is 1.96. The average molecular weight is 234 g/mol. The lowest BCUT2D eigenvalue weighted by Gasteiger charge is -2.24. The van der Waals surface area contributed by atoms with Crippen molar-refractivity contribution in [2.24, 2.45) is 0 Å². The lowest BCUT2D eigenvalue weighted by molar-refractivity contribution is -0.147. The van der Waals surface area contributed by atoms with Crippen LogP contribution in [0.2, 0.25) is 0 Å². The molecule has 2 rings (SSSR count). The summed E-state index contributed by atoms with van der Waals surface area (Å²) < 4.78 is 38.9. The number of nitrogens with one attached hydrogen (secondary N) is 1. The molecule has 16 heavy (non-hydrogen) atoms. The quantitative estimate of drug-likeness (QED) is 0.847. The molecule has 0 aromatic carbocycles. The van der Waals surface area contributed by atoms with E-state index in [-0.39, 0.29) is 12.6 Å². The molecule has 1 aromatic rings. The fourth-order valence-corrected chi connectivity index (χ4v) is 1.96. The van der Waals surface area contributed by atoms with Gasteiger partial charge >= 0.3 is 6.18 Å². The van der Waals surface area contributed by atoms with Gasteiger partial charge in [0, 0.05) is 13.1 Å². The number of fused-ring (bicyclic) bond motifs is 1. The molecule has 90 valence electrons. The Balaban J connectivity index is 2.35. The van der Waals surface area contributed by atoms with Crippen molar-refractivity contribution in [1.82, 2.24) is 20.1 Å². The number of rotatable bonds is 2. The molecule has 7 heteroatoms. The van der Waals surface area contributed by atoms with Crippen LogP contribution in [-0.2, 0) is 12.7 Å². The van der Waals surface area contributed by atoms with Gasteiger partial charge in [-0.05, 0) is 6.42 Å². The fraction of sp³-hybridized carbons (Fsp3) is 0.778. The Morgan fingerprint density at radius 1 is 1.44 bits per heavy atom. The third-order valence-electron chi connectivity index (χ3n) is 2.65. The summed E-state index contributed by atoms with van der Waals surface area (Å²) in [5.74, 6) is -0.481. The molecule has 1 aromatic heterocycles. The lowest BCUT2D eigenvalue weighted by atomic mass is 10.1. The number of nitrogens with zero attached hydrogens (tertiary/aromatic N) is 3. The van der Waals surface area contributed by atoms with Gasteiger partial charge in [0.1, 0.15) is 0 Å². The topological polar surface area (TPSA) is 42.7 Å². The van der Waals surface area contributed by atoms with E-state index in [9.17, 15) is 13.2 Å². The van der Waals surface area contributed by atoms with E-state index in [1.54, 1.807) is 0 Å². The third-order valence-corrected chi connectivity index (χ3v) is 2.65. The first kappa shape index (κ1) is 11.4. The predicted octanol–water partition coefficient (Wildman–Crippen LogP) is 1.74. The summed E-state index contributed by atoms with van der Waals surface area (Å²) in [6.07, 6.45) is -2.75. The van der Waals surface area contributed by atoms with Gasteiger partial charge in [-0.15, -0.1) is 10.2 Å². The van der Waals surface area contributed by atoms with Crippen LogP contribution in [0.15, 0.2) is 0 Å². The molecule has 0 aliphatic carbocycles. The number of hydrogen-bond donors (Lipinski definition) is 1. The second-order valence-electron chi connectivity index (χ2n) is 3.83. The Labute approximate surface area is 90.9 Å². The number of aromatic nitrogens is 3. The predicted molar refractivity (Wildman–Crippen MR) is 50.7 cm³/mol. The van der Waals surface area contributed by atoms with Crippen molar-refractivity contribution in [3.8, 4) is 0 Å². The minimum atomic E-state index is -4.42. The Hall–Kier alpha value is -1.11. The summed E-state index contributed by atoms with van der Waals surface area (Å²) in [4.78, 5) is 0. The summed E-state index contributed by atoms with van der Waals surface area (Å²) in [5.41, 5.74) is 0. The summed E-state index contributed by atoms with van der Waals surface area (Å²) in [5, 5.41) is 10.1. The molecule has 1 aliphatic rings. The minimum Gasteiger partial charge on any atom is -0.306 e. The van der Waals surface area contributed by atoms with Gasteiger partial charge in [-0.3, -0.25) is 0 Å². The van der Waals surface area contributed by atoms with Crippen LogP contribution >= 0.6 is 0 Å². The van der Waals surface area contributed by atoms with Gasteiger partial charge in [-0.25, -0.2) is 0 Å². The van der Waals surface area contributed by atoms with Gasteiger partial charge in [0.05, 0.1) is 6.04 Å². The molecule has 0 saturated heterocycles. The molecule has 1 aliphatic heterocycles. The zero-order valence-corrected chi connectivity index (χ0v) is 8.88. The maximum Gasteiger partial charge on any atom is 0.451 e. The average Bonchev–Trinajstić information content (AvgIpc) is 2.62. The molecule has 1 N–H and O–H groups in total. The summed E-state index contributed by atoms with van der Waals surface area (Å²) in [6.45, 7) is 2.79. The normalized spacial score (nSPS) is 20.9. The Morgan fingerprint density at radius 3 is 2.81 bits per heavy atom. The van der Waals surface area contributed by atoms with Crippen LogP contribution in [0.4, 0.5) is 13.2 Å². The zero-order chi connectivity index (χ0) is 11.8. The first-order valence-corrected chi connectivity index (χ1v) is 5.27. The molecular formula is C9H13F3N4. The lowest BCUT2D eigenvalue weighted by Crippen LogP contribution is -2.35. The van der Waals surface area contributed by atoms with Gasteiger partial charge in [0.2, 0.25) is 5.82 Å². The molecule has 0 bridgehead atoms. The van der Waals surface area contributed by atoms with Crippen LogP contribution in [0.25, 0.3) is 0 Å². The van der Waals surface area contributed by atoms with Crippen molar-refractivity contribution in [2.45, 2.75) is 38.5 Å².